The lowest BCUT2D eigenvalue weighted by Crippen LogP contribution is -2.16. The zero-order chi connectivity index (χ0) is 13.1. The molecule has 1 aromatic carbocycles. The fourth-order valence-electron chi connectivity index (χ4n) is 1.97. The molecule has 0 fully saturated rings. The first-order valence-electron chi connectivity index (χ1n) is 6.14. The van der Waals surface area contributed by atoms with Crippen molar-refractivity contribution in [3.63, 3.8) is 0 Å². The Balaban J connectivity index is 2.27. The molecule has 0 saturated carbocycles. The van der Waals surface area contributed by atoms with Gasteiger partial charge in [0.1, 0.15) is 0 Å². The average Bonchev–Trinajstić information content (AvgIpc) is 2.84. The van der Waals surface area contributed by atoms with Gasteiger partial charge in [-0.15, -0.1) is 11.3 Å². The van der Waals surface area contributed by atoms with Gasteiger partial charge in [0, 0.05) is 15.0 Å². The number of anilines is 1. The van der Waals surface area contributed by atoms with Gasteiger partial charge in [-0.2, -0.15) is 0 Å². The zero-order valence-corrected chi connectivity index (χ0v) is 13.3. The molecule has 0 aliphatic carbocycles. The predicted octanol–water partition coefficient (Wildman–Crippen LogP) is 5.63. The second-order valence-corrected chi connectivity index (χ2v) is 6.63. The molecule has 1 aromatic heterocycles. The van der Waals surface area contributed by atoms with Crippen LogP contribution in [0.2, 0.25) is 0 Å². The van der Waals surface area contributed by atoms with Crippen molar-refractivity contribution in [1.29, 1.82) is 0 Å². The Kier molecular flexibility index (Phi) is 4.46. The lowest BCUT2D eigenvalue weighted by molar-refractivity contribution is 0.553. The number of hydrogen-bond acceptors (Lipinski definition) is 2. The molecule has 0 aliphatic rings. The van der Waals surface area contributed by atoms with Crippen molar-refractivity contribution in [3.8, 4) is 0 Å². The normalized spacial score (nSPS) is 12.7. The van der Waals surface area contributed by atoms with Crippen LogP contribution in [0.5, 0.6) is 0 Å². The highest BCUT2D eigenvalue weighted by molar-refractivity contribution is 9.10. The third-order valence-corrected chi connectivity index (χ3v) is 4.91. The summed E-state index contributed by atoms with van der Waals surface area (Å²) >= 11 is 5.40. The van der Waals surface area contributed by atoms with Crippen LogP contribution < -0.4 is 5.32 Å². The first-order chi connectivity index (χ1) is 8.59. The van der Waals surface area contributed by atoms with E-state index in [4.69, 9.17) is 0 Å². The molecular weight excluding hydrogens is 306 g/mol. The van der Waals surface area contributed by atoms with Gasteiger partial charge in [0.25, 0.3) is 0 Å². The van der Waals surface area contributed by atoms with Crippen LogP contribution >= 0.6 is 27.3 Å². The molecule has 0 amide bonds. The van der Waals surface area contributed by atoms with Crippen molar-refractivity contribution in [2.45, 2.75) is 26.8 Å². The van der Waals surface area contributed by atoms with E-state index in [0.29, 0.717) is 12.0 Å². The average molecular weight is 324 g/mol. The predicted molar refractivity (Wildman–Crippen MR) is 84.4 cm³/mol. The van der Waals surface area contributed by atoms with Crippen LogP contribution in [0.3, 0.4) is 0 Å². The third-order valence-electron chi connectivity index (χ3n) is 3.10. The van der Waals surface area contributed by atoms with Gasteiger partial charge in [0.05, 0.1) is 6.04 Å². The first kappa shape index (κ1) is 13.6. The Hall–Kier alpha value is -0.800. The number of rotatable bonds is 4. The van der Waals surface area contributed by atoms with Crippen LogP contribution in [0, 0.1) is 12.8 Å². The molecule has 0 spiro atoms. The summed E-state index contributed by atoms with van der Waals surface area (Å²) in [6.45, 7) is 6.65. The van der Waals surface area contributed by atoms with Gasteiger partial charge < -0.3 is 5.32 Å². The SMILES string of the molecule is Cc1c(Br)cccc1NC(c1cccs1)C(C)C. The Morgan fingerprint density at radius 3 is 2.56 bits per heavy atom. The molecule has 1 heterocycles. The molecule has 2 aromatic rings. The maximum absolute atomic E-state index is 3.67. The van der Waals surface area contributed by atoms with Crippen LogP contribution in [-0.4, -0.2) is 0 Å². The molecule has 3 heteroatoms. The molecule has 0 radical (unpaired) electrons. The third kappa shape index (κ3) is 2.96. The largest absolute Gasteiger partial charge is 0.377 e. The Morgan fingerprint density at radius 1 is 1.17 bits per heavy atom. The summed E-state index contributed by atoms with van der Waals surface area (Å²) in [7, 11) is 0. The minimum absolute atomic E-state index is 0.373. The first-order valence-corrected chi connectivity index (χ1v) is 7.82. The number of thiophene rings is 1. The fourth-order valence-corrected chi connectivity index (χ4v) is 3.28. The van der Waals surface area contributed by atoms with E-state index in [1.807, 2.05) is 11.3 Å². The lowest BCUT2D eigenvalue weighted by atomic mass is 10.0. The monoisotopic (exact) mass is 323 g/mol. The fraction of sp³-hybridized carbons (Fsp3) is 0.333. The van der Waals surface area contributed by atoms with E-state index >= 15 is 0 Å². The zero-order valence-electron chi connectivity index (χ0n) is 10.9. The second kappa shape index (κ2) is 5.89. The smallest absolute Gasteiger partial charge is 0.0629 e. The Labute approximate surface area is 121 Å². The Bertz CT molecular complexity index is 505. The van der Waals surface area contributed by atoms with Crippen molar-refractivity contribution < 1.29 is 0 Å². The summed E-state index contributed by atoms with van der Waals surface area (Å²) in [5, 5.41) is 5.81. The highest BCUT2D eigenvalue weighted by Crippen LogP contribution is 2.32. The lowest BCUT2D eigenvalue weighted by Gasteiger charge is -2.24. The van der Waals surface area contributed by atoms with E-state index < -0.39 is 0 Å². The van der Waals surface area contributed by atoms with E-state index in [0.717, 1.165) is 4.47 Å². The van der Waals surface area contributed by atoms with Gasteiger partial charge in [0.2, 0.25) is 0 Å². The maximum Gasteiger partial charge on any atom is 0.0629 e. The van der Waals surface area contributed by atoms with Crippen molar-refractivity contribution in [3.05, 3.63) is 50.6 Å². The molecule has 0 saturated heterocycles. The van der Waals surface area contributed by atoms with E-state index in [1.54, 1.807) is 0 Å². The summed E-state index contributed by atoms with van der Waals surface area (Å²) in [4.78, 5) is 1.39. The maximum atomic E-state index is 3.67. The number of benzene rings is 1. The molecule has 2 rings (SSSR count). The van der Waals surface area contributed by atoms with Gasteiger partial charge in [0.15, 0.2) is 0 Å². The van der Waals surface area contributed by atoms with Crippen LogP contribution in [-0.2, 0) is 0 Å². The molecule has 18 heavy (non-hydrogen) atoms. The van der Waals surface area contributed by atoms with Gasteiger partial charge in [-0.1, -0.05) is 41.9 Å². The summed E-state index contributed by atoms with van der Waals surface area (Å²) in [5.41, 5.74) is 2.47. The molecule has 1 N–H and O–H groups in total. The summed E-state index contributed by atoms with van der Waals surface area (Å²) < 4.78 is 1.15. The minimum Gasteiger partial charge on any atom is -0.377 e. The second-order valence-electron chi connectivity index (χ2n) is 4.79. The van der Waals surface area contributed by atoms with Crippen LogP contribution in [0.15, 0.2) is 40.2 Å². The highest BCUT2D eigenvalue weighted by atomic mass is 79.9. The van der Waals surface area contributed by atoms with Crippen molar-refractivity contribution in [2.75, 3.05) is 5.32 Å². The molecular formula is C15H18BrNS. The number of hydrogen-bond donors (Lipinski definition) is 1. The topological polar surface area (TPSA) is 12.0 Å². The van der Waals surface area contributed by atoms with Gasteiger partial charge >= 0.3 is 0 Å². The molecule has 96 valence electrons. The van der Waals surface area contributed by atoms with E-state index in [-0.39, 0.29) is 0 Å². The highest BCUT2D eigenvalue weighted by Gasteiger charge is 2.17. The molecule has 1 atom stereocenters. The van der Waals surface area contributed by atoms with Crippen molar-refractivity contribution in [1.82, 2.24) is 0 Å². The van der Waals surface area contributed by atoms with Crippen molar-refractivity contribution in [2.24, 2.45) is 5.92 Å². The molecule has 0 bridgehead atoms. The van der Waals surface area contributed by atoms with Gasteiger partial charge in [-0.05, 0) is 42.0 Å². The Morgan fingerprint density at radius 2 is 1.94 bits per heavy atom. The van der Waals surface area contributed by atoms with Crippen LogP contribution in [0.4, 0.5) is 5.69 Å². The van der Waals surface area contributed by atoms with E-state index in [9.17, 15) is 0 Å². The number of halogens is 1. The van der Waals surface area contributed by atoms with Gasteiger partial charge in [-0.3, -0.25) is 0 Å². The minimum atomic E-state index is 0.373. The van der Waals surface area contributed by atoms with Crippen molar-refractivity contribution >= 4 is 33.0 Å². The molecule has 0 aliphatic heterocycles. The van der Waals surface area contributed by atoms with Gasteiger partial charge in [-0.25, -0.2) is 0 Å². The van der Waals surface area contributed by atoms with Crippen LogP contribution in [0.25, 0.3) is 0 Å². The number of nitrogens with one attached hydrogen (secondary N) is 1. The summed E-state index contributed by atoms with van der Waals surface area (Å²) in [6.07, 6.45) is 0. The summed E-state index contributed by atoms with van der Waals surface area (Å²) in [5.74, 6) is 0.557. The summed E-state index contributed by atoms with van der Waals surface area (Å²) in [6, 6.07) is 11.0. The van der Waals surface area contributed by atoms with E-state index in [1.165, 1.54) is 16.1 Å². The van der Waals surface area contributed by atoms with Crippen LogP contribution in [0.1, 0.15) is 30.3 Å². The molecule has 1 unspecified atom stereocenters. The van der Waals surface area contributed by atoms with E-state index in [2.05, 4.69) is 77.7 Å². The quantitative estimate of drug-likeness (QED) is 0.769. The molecule has 1 nitrogen and oxygen atoms in total. The standard InChI is InChI=1S/C15H18BrNS/c1-10(2)15(14-8-5-9-18-14)17-13-7-4-6-12(16)11(13)3/h4-10,15,17H,1-3H3.